The standard InChI is InChI=1S/C17H26N4O3/c1-17(2,3)24-16(23)21-11-7-5-8-13(12-21)19-15(22)20-14-9-4-6-10-18-14/h4,6,9-10,13H,5,7-8,11-12H2,1-3H3,(H2,18,19,20,22)/t13-/m1/s1. The minimum atomic E-state index is -0.525. The first-order valence-corrected chi connectivity index (χ1v) is 8.30. The molecule has 7 heteroatoms. The number of anilines is 1. The van der Waals surface area contributed by atoms with Gasteiger partial charge in [-0.1, -0.05) is 6.07 Å². The van der Waals surface area contributed by atoms with Crippen molar-refractivity contribution in [2.45, 2.75) is 51.7 Å². The largest absolute Gasteiger partial charge is 0.444 e. The molecule has 0 radical (unpaired) electrons. The number of hydrogen-bond acceptors (Lipinski definition) is 4. The van der Waals surface area contributed by atoms with Crippen molar-refractivity contribution in [3.05, 3.63) is 24.4 Å². The molecular weight excluding hydrogens is 308 g/mol. The average molecular weight is 334 g/mol. The fourth-order valence-electron chi connectivity index (χ4n) is 2.53. The van der Waals surface area contributed by atoms with Gasteiger partial charge >= 0.3 is 12.1 Å². The smallest absolute Gasteiger partial charge is 0.410 e. The van der Waals surface area contributed by atoms with Crippen molar-refractivity contribution in [1.29, 1.82) is 0 Å². The minimum Gasteiger partial charge on any atom is -0.444 e. The van der Waals surface area contributed by atoms with Gasteiger partial charge in [-0.05, 0) is 52.2 Å². The Hall–Kier alpha value is -2.31. The van der Waals surface area contributed by atoms with Crippen LogP contribution in [-0.4, -0.2) is 46.7 Å². The third kappa shape index (κ3) is 6.06. The van der Waals surface area contributed by atoms with E-state index in [2.05, 4.69) is 15.6 Å². The summed E-state index contributed by atoms with van der Waals surface area (Å²) < 4.78 is 5.43. The summed E-state index contributed by atoms with van der Waals surface area (Å²) in [5.41, 5.74) is -0.525. The number of carbonyl (C=O) groups is 2. The van der Waals surface area contributed by atoms with Gasteiger partial charge in [-0.3, -0.25) is 5.32 Å². The molecule has 7 nitrogen and oxygen atoms in total. The topological polar surface area (TPSA) is 83.6 Å². The van der Waals surface area contributed by atoms with Crippen molar-refractivity contribution in [2.24, 2.45) is 0 Å². The number of nitrogens with zero attached hydrogens (tertiary/aromatic N) is 2. The molecule has 24 heavy (non-hydrogen) atoms. The highest BCUT2D eigenvalue weighted by molar-refractivity contribution is 5.88. The molecule has 1 fully saturated rings. The molecule has 1 aromatic rings. The Bertz CT molecular complexity index is 557. The van der Waals surface area contributed by atoms with E-state index in [9.17, 15) is 9.59 Å². The summed E-state index contributed by atoms with van der Waals surface area (Å²) in [6, 6.07) is 4.89. The maximum absolute atomic E-state index is 12.3. The van der Waals surface area contributed by atoms with Crippen LogP contribution in [0, 0.1) is 0 Å². The Kier molecular flexibility index (Phi) is 6.00. The lowest BCUT2D eigenvalue weighted by Gasteiger charge is -2.28. The van der Waals surface area contributed by atoms with Crippen molar-refractivity contribution in [2.75, 3.05) is 18.4 Å². The number of pyridine rings is 1. The van der Waals surface area contributed by atoms with Crippen LogP contribution in [0.25, 0.3) is 0 Å². The zero-order valence-electron chi connectivity index (χ0n) is 14.5. The maximum Gasteiger partial charge on any atom is 0.410 e. The van der Waals surface area contributed by atoms with Crippen molar-refractivity contribution in [3.8, 4) is 0 Å². The predicted octanol–water partition coefficient (Wildman–Crippen LogP) is 2.99. The number of hydrogen-bond donors (Lipinski definition) is 2. The molecule has 0 bridgehead atoms. The number of nitrogens with one attached hydrogen (secondary N) is 2. The van der Waals surface area contributed by atoms with E-state index in [1.54, 1.807) is 29.3 Å². The van der Waals surface area contributed by atoms with Gasteiger partial charge in [0.05, 0.1) is 0 Å². The first-order chi connectivity index (χ1) is 11.3. The van der Waals surface area contributed by atoms with Crippen LogP contribution in [0.2, 0.25) is 0 Å². The number of likely N-dealkylation sites (tertiary alicyclic amines) is 1. The van der Waals surface area contributed by atoms with Crippen molar-refractivity contribution in [1.82, 2.24) is 15.2 Å². The molecule has 0 spiro atoms. The van der Waals surface area contributed by atoms with Crippen LogP contribution < -0.4 is 10.6 Å². The second kappa shape index (κ2) is 7.99. The zero-order valence-corrected chi connectivity index (χ0v) is 14.5. The minimum absolute atomic E-state index is 0.108. The van der Waals surface area contributed by atoms with Gasteiger partial charge in [-0.15, -0.1) is 0 Å². The summed E-state index contributed by atoms with van der Waals surface area (Å²) in [6.45, 7) is 6.63. The highest BCUT2D eigenvalue weighted by Gasteiger charge is 2.27. The number of rotatable bonds is 2. The Morgan fingerprint density at radius 3 is 2.75 bits per heavy atom. The molecule has 2 N–H and O–H groups in total. The molecule has 1 aliphatic heterocycles. The van der Waals surface area contributed by atoms with Crippen molar-refractivity contribution in [3.63, 3.8) is 0 Å². The van der Waals surface area contributed by atoms with E-state index in [4.69, 9.17) is 4.74 Å². The molecule has 0 aromatic carbocycles. The maximum atomic E-state index is 12.3. The SMILES string of the molecule is CC(C)(C)OC(=O)N1CCCC[C@@H](NC(=O)Nc2ccccn2)C1. The van der Waals surface area contributed by atoms with Gasteiger partial charge in [-0.25, -0.2) is 14.6 Å². The lowest BCUT2D eigenvalue weighted by Crippen LogP contribution is -2.47. The Labute approximate surface area is 142 Å². The van der Waals surface area contributed by atoms with Crippen LogP contribution in [0.3, 0.4) is 0 Å². The Morgan fingerprint density at radius 1 is 1.29 bits per heavy atom. The second-order valence-corrected chi connectivity index (χ2v) is 6.93. The van der Waals surface area contributed by atoms with Crippen LogP contribution in [-0.2, 0) is 4.74 Å². The predicted molar refractivity (Wildman–Crippen MR) is 91.8 cm³/mol. The van der Waals surface area contributed by atoms with Gasteiger partial charge in [0.2, 0.25) is 0 Å². The molecule has 3 amide bonds. The normalized spacial score (nSPS) is 18.5. The summed E-state index contributed by atoms with van der Waals surface area (Å²) in [5.74, 6) is 0.493. The third-order valence-electron chi connectivity index (χ3n) is 3.56. The first kappa shape index (κ1) is 18.0. The molecule has 1 saturated heterocycles. The number of carbonyl (C=O) groups excluding carboxylic acids is 2. The third-order valence-corrected chi connectivity index (χ3v) is 3.56. The van der Waals surface area contributed by atoms with E-state index >= 15 is 0 Å². The fourth-order valence-corrected chi connectivity index (χ4v) is 2.53. The monoisotopic (exact) mass is 334 g/mol. The molecule has 0 unspecified atom stereocenters. The highest BCUT2D eigenvalue weighted by Crippen LogP contribution is 2.15. The number of aromatic nitrogens is 1. The van der Waals surface area contributed by atoms with E-state index in [1.165, 1.54) is 0 Å². The van der Waals surface area contributed by atoms with Gasteiger partial charge < -0.3 is 15.0 Å². The van der Waals surface area contributed by atoms with Crippen molar-refractivity contribution < 1.29 is 14.3 Å². The quantitative estimate of drug-likeness (QED) is 0.871. The molecule has 2 rings (SSSR count). The highest BCUT2D eigenvalue weighted by atomic mass is 16.6. The summed E-state index contributed by atoms with van der Waals surface area (Å²) in [4.78, 5) is 30.1. The van der Waals surface area contributed by atoms with Gasteiger partial charge in [0.25, 0.3) is 0 Å². The summed E-state index contributed by atoms with van der Waals surface area (Å²) >= 11 is 0. The molecule has 132 valence electrons. The van der Waals surface area contributed by atoms with E-state index in [-0.39, 0.29) is 18.2 Å². The van der Waals surface area contributed by atoms with E-state index in [1.807, 2.05) is 20.8 Å². The number of ether oxygens (including phenoxy) is 1. The van der Waals surface area contributed by atoms with E-state index in [0.29, 0.717) is 18.9 Å². The Morgan fingerprint density at radius 2 is 2.08 bits per heavy atom. The molecule has 2 heterocycles. The van der Waals surface area contributed by atoms with Crippen LogP contribution in [0.5, 0.6) is 0 Å². The number of amides is 3. The number of urea groups is 1. The first-order valence-electron chi connectivity index (χ1n) is 8.30. The van der Waals surface area contributed by atoms with Crippen LogP contribution in [0.4, 0.5) is 15.4 Å². The van der Waals surface area contributed by atoms with Crippen LogP contribution in [0.15, 0.2) is 24.4 Å². The van der Waals surface area contributed by atoms with Gasteiger partial charge in [-0.2, -0.15) is 0 Å². The summed E-state index contributed by atoms with van der Waals surface area (Å²) in [7, 11) is 0. The van der Waals surface area contributed by atoms with Gasteiger partial charge in [0, 0.05) is 25.3 Å². The summed E-state index contributed by atoms with van der Waals surface area (Å²) in [6.07, 6.45) is 3.97. The van der Waals surface area contributed by atoms with Crippen LogP contribution >= 0.6 is 0 Å². The Balaban J connectivity index is 1.89. The van der Waals surface area contributed by atoms with Gasteiger partial charge in [0.15, 0.2) is 0 Å². The van der Waals surface area contributed by atoms with E-state index < -0.39 is 5.60 Å². The molecule has 0 saturated carbocycles. The average Bonchev–Trinajstić information content (AvgIpc) is 2.72. The summed E-state index contributed by atoms with van der Waals surface area (Å²) in [5, 5.41) is 5.61. The molecule has 0 aliphatic carbocycles. The lowest BCUT2D eigenvalue weighted by molar-refractivity contribution is 0.0245. The molecule has 1 aromatic heterocycles. The second-order valence-electron chi connectivity index (χ2n) is 6.93. The lowest BCUT2D eigenvalue weighted by atomic mass is 10.1. The molecule has 1 atom stereocenters. The fraction of sp³-hybridized carbons (Fsp3) is 0.588. The van der Waals surface area contributed by atoms with E-state index in [0.717, 1.165) is 19.3 Å². The van der Waals surface area contributed by atoms with Crippen LogP contribution in [0.1, 0.15) is 40.0 Å². The molecular formula is C17H26N4O3. The van der Waals surface area contributed by atoms with Crippen molar-refractivity contribution >= 4 is 17.9 Å². The van der Waals surface area contributed by atoms with Gasteiger partial charge in [0.1, 0.15) is 11.4 Å². The molecule has 1 aliphatic rings. The zero-order chi connectivity index (χ0) is 17.6.